The first-order valence-corrected chi connectivity index (χ1v) is 7.15. The molecule has 0 radical (unpaired) electrons. The highest BCUT2D eigenvalue weighted by Crippen LogP contribution is 2.18. The Hall–Kier alpha value is -1.42. The Balaban J connectivity index is 1.93. The molecule has 3 nitrogen and oxygen atoms in total. The summed E-state index contributed by atoms with van der Waals surface area (Å²) < 4.78 is 0. The molecule has 0 unspecified atom stereocenters. The second-order valence-corrected chi connectivity index (χ2v) is 5.67. The van der Waals surface area contributed by atoms with Crippen molar-refractivity contribution in [3.63, 3.8) is 0 Å². The lowest BCUT2D eigenvalue weighted by Gasteiger charge is -2.07. The molecular weight excluding hydrogens is 242 g/mol. The van der Waals surface area contributed by atoms with Crippen LogP contribution in [0.5, 0.6) is 0 Å². The zero-order valence-corrected chi connectivity index (χ0v) is 11.9. The van der Waals surface area contributed by atoms with Gasteiger partial charge in [0.05, 0.1) is 0 Å². The molecular formula is C14H19N3S. The summed E-state index contributed by atoms with van der Waals surface area (Å²) in [6, 6.07) is 8.73. The number of aromatic nitrogens is 2. The number of hydrogen-bond donors (Lipinski definition) is 1. The fourth-order valence-electron chi connectivity index (χ4n) is 1.67. The normalized spacial score (nSPS) is 10.9. The molecule has 0 aliphatic rings. The van der Waals surface area contributed by atoms with Gasteiger partial charge in [-0.25, -0.2) is 0 Å². The predicted octanol–water partition coefficient (Wildman–Crippen LogP) is 3.84. The van der Waals surface area contributed by atoms with Crippen LogP contribution in [0.2, 0.25) is 0 Å². The van der Waals surface area contributed by atoms with E-state index < -0.39 is 0 Å². The van der Waals surface area contributed by atoms with E-state index in [2.05, 4.69) is 60.6 Å². The van der Waals surface area contributed by atoms with Crippen LogP contribution >= 0.6 is 11.3 Å². The molecule has 0 atom stereocenters. The molecule has 1 heterocycles. The number of aryl methyl sites for hydroxylation is 1. The monoisotopic (exact) mass is 261 g/mol. The van der Waals surface area contributed by atoms with Gasteiger partial charge in [-0.15, -0.1) is 10.2 Å². The van der Waals surface area contributed by atoms with Crippen molar-refractivity contribution in [2.75, 3.05) is 5.32 Å². The van der Waals surface area contributed by atoms with Gasteiger partial charge >= 0.3 is 0 Å². The second kappa shape index (κ2) is 5.96. The SMILES string of the molecule is CCc1nnc(NCc2ccc(C(C)C)cc2)s1. The van der Waals surface area contributed by atoms with Gasteiger partial charge in [-0.2, -0.15) is 0 Å². The third-order valence-corrected chi connectivity index (χ3v) is 3.88. The highest BCUT2D eigenvalue weighted by atomic mass is 32.1. The average Bonchev–Trinajstić information content (AvgIpc) is 2.85. The van der Waals surface area contributed by atoms with Gasteiger partial charge < -0.3 is 5.32 Å². The third kappa shape index (κ3) is 3.29. The Kier molecular flexibility index (Phi) is 4.31. The summed E-state index contributed by atoms with van der Waals surface area (Å²) >= 11 is 1.63. The Bertz CT molecular complexity index is 488. The Morgan fingerprint density at radius 1 is 1.17 bits per heavy atom. The molecule has 1 aromatic carbocycles. The average molecular weight is 261 g/mol. The van der Waals surface area contributed by atoms with Crippen molar-refractivity contribution in [3.8, 4) is 0 Å². The van der Waals surface area contributed by atoms with E-state index >= 15 is 0 Å². The van der Waals surface area contributed by atoms with Gasteiger partial charge in [-0.3, -0.25) is 0 Å². The van der Waals surface area contributed by atoms with Crippen LogP contribution < -0.4 is 5.32 Å². The van der Waals surface area contributed by atoms with Crippen molar-refractivity contribution in [1.29, 1.82) is 0 Å². The first kappa shape index (κ1) is 13.0. The lowest BCUT2D eigenvalue weighted by Crippen LogP contribution is -1.99. The number of nitrogens with one attached hydrogen (secondary N) is 1. The van der Waals surface area contributed by atoms with Gasteiger partial charge in [0, 0.05) is 6.54 Å². The van der Waals surface area contributed by atoms with Gasteiger partial charge in [0.25, 0.3) is 0 Å². The zero-order chi connectivity index (χ0) is 13.0. The summed E-state index contributed by atoms with van der Waals surface area (Å²) in [4.78, 5) is 0. The van der Waals surface area contributed by atoms with Crippen LogP contribution in [0.15, 0.2) is 24.3 Å². The molecule has 0 spiro atoms. The first-order valence-electron chi connectivity index (χ1n) is 6.34. The fraction of sp³-hybridized carbons (Fsp3) is 0.429. The fourth-order valence-corrected chi connectivity index (χ4v) is 2.34. The van der Waals surface area contributed by atoms with Gasteiger partial charge in [0.15, 0.2) is 0 Å². The Labute approximate surface area is 112 Å². The molecule has 0 amide bonds. The van der Waals surface area contributed by atoms with Gasteiger partial charge in [-0.1, -0.05) is 56.4 Å². The van der Waals surface area contributed by atoms with E-state index in [4.69, 9.17) is 0 Å². The number of anilines is 1. The number of hydrogen-bond acceptors (Lipinski definition) is 4. The standard InChI is InChI=1S/C14H19N3S/c1-4-13-16-17-14(18-13)15-9-11-5-7-12(8-6-11)10(2)3/h5-8,10H,4,9H2,1-3H3,(H,15,17). The number of benzene rings is 1. The van der Waals surface area contributed by atoms with Crippen molar-refractivity contribution < 1.29 is 0 Å². The molecule has 18 heavy (non-hydrogen) atoms. The Morgan fingerprint density at radius 2 is 1.89 bits per heavy atom. The zero-order valence-electron chi connectivity index (χ0n) is 11.1. The van der Waals surface area contributed by atoms with E-state index in [1.54, 1.807) is 11.3 Å². The van der Waals surface area contributed by atoms with E-state index in [1.165, 1.54) is 11.1 Å². The predicted molar refractivity (Wildman–Crippen MR) is 77.1 cm³/mol. The summed E-state index contributed by atoms with van der Waals surface area (Å²) in [5.74, 6) is 0.585. The molecule has 96 valence electrons. The van der Waals surface area contributed by atoms with Gasteiger partial charge in [-0.05, 0) is 23.5 Å². The van der Waals surface area contributed by atoms with E-state index in [0.717, 1.165) is 23.1 Å². The van der Waals surface area contributed by atoms with E-state index in [0.29, 0.717) is 5.92 Å². The van der Waals surface area contributed by atoms with Gasteiger partial charge in [0.2, 0.25) is 5.13 Å². The largest absolute Gasteiger partial charge is 0.356 e. The van der Waals surface area contributed by atoms with Crippen LogP contribution in [0, 0.1) is 0 Å². The van der Waals surface area contributed by atoms with Crippen LogP contribution in [0.3, 0.4) is 0 Å². The first-order chi connectivity index (χ1) is 8.69. The van der Waals surface area contributed by atoms with Crippen molar-refractivity contribution in [2.45, 2.75) is 39.7 Å². The van der Waals surface area contributed by atoms with Crippen LogP contribution in [0.25, 0.3) is 0 Å². The van der Waals surface area contributed by atoms with Gasteiger partial charge in [0.1, 0.15) is 5.01 Å². The summed E-state index contributed by atoms with van der Waals surface area (Å²) in [6.07, 6.45) is 0.947. The summed E-state index contributed by atoms with van der Waals surface area (Å²) in [5.41, 5.74) is 2.65. The second-order valence-electron chi connectivity index (χ2n) is 4.60. The van der Waals surface area contributed by atoms with Crippen molar-refractivity contribution >= 4 is 16.5 Å². The highest BCUT2D eigenvalue weighted by molar-refractivity contribution is 7.15. The molecule has 2 rings (SSSR count). The summed E-state index contributed by atoms with van der Waals surface area (Å²) in [7, 11) is 0. The minimum Gasteiger partial charge on any atom is -0.356 e. The maximum atomic E-state index is 4.11. The minimum atomic E-state index is 0.585. The van der Waals surface area contributed by atoms with E-state index in [1.807, 2.05) is 0 Å². The van der Waals surface area contributed by atoms with Crippen LogP contribution in [0.4, 0.5) is 5.13 Å². The third-order valence-electron chi connectivity index (χ3n) is 2.86. The number of nitrogens with zero attached hydrogens (tertiary/aromatic N) is 2. The van der Waals surface area contributed by atoms with Crippen LogP contribution in [-0.2, 0) is 13.0 Å². The molecule has 1 aromatic heterocycles. The molecule has 1 N–H and O–H groups in total. The summed E-state index contributed by atoms with van der Waals surface area (Å²) in [5, 5.41) is 13.5. The smallest absolute Gasteiger partial charge is 0.205 e. The van der Waals surface area contributed by atoms with E-state index in [9.17, 15) is 0 Å². The van der Waals surface area contributed by atoms with Crippen LogP contribution in [-0.4, -0.2) is 10.2 Å². The minimum absolute atomic E-state index is 0.585. The maximum Gasteiger partial charge on any atom is 0.205 e. The molecule has 4 heteroatoms. The highest BCUT2D eigenvalue weighted by Gasteiger charge is 2.02. The molecule has 0 aliphatic heterocycles. The van der Waals surface area contributed by atoms with Crippen molar-refractivity contribution in [1.82, 2.24) is 10.2 Å². The Morgan fingerprint density at radius 3 is 2.44 bits per heavy atom. The topological polar surface area (TPSA) is 37.8 Å². The van der Waals surface area contributed by atoms with Crippen molar-refractivity contribution in [3.05, 3.63) is 40.4 Å². The number of rotatable bonds is 5. The lowest BCUT2D eigenvalue weighted by atomic mass is 10.0. The summed E-state index contributed by atoms with van der Waals surface area (Å²) in [6.45, 7) is 7.31. The molecule has 2 aromatic rings. The molecule has 0 aliphatic carbocycles. The van der Waals surface area contributed by atoms with E-state index in [-0.39, 0.29) is 0 Å². The quantitative estimate of drug-likeness (QED) is 0.888. The maximum absolute atomic E-state index is 4.11. The van der Waals surface area contributed by atoms with Crippen molar-refractivity contribution in [2.24, 2.45) is 0 Å². The molecule has 0 fully saturated rings. The molecule has 0 saturated carbocycles. The van der Waals surface area contributed by atoms with Crippen LogP contribution in [0.1, 0.15) is 42.8 Å². The molecule has 0 bridgehead atoms. The molecule has 0 saturated heterocycles. The lowest BCUT2D eigenvalue weighted by molar-refractivity contribution is 0.865.